The van der Waals surface area contributed by atoms with Crippen LogP contribution in [-0.4, -0.2) is 18.0 Å². The number of hydrogen-bond acceptors (Lipinski definition) is 2. The minimum absolute atomic E-state index is 0.0448. The van der Waals surface area contributed by atoms with Crippen LogP contribution in [-0.2, 0) is 11.2 Å². The van der Waals surface area contributed by atoms with E-state index in [1.165, 1.54) is 30.4 Å². The number of amides is 1. The molecule has 1 aromatic carbocycles. The van der Waals surface area contributed by atoms with Crippen LogP contribution >= 0.6 is 0 Å². The van der Waals surface area contributed by atoms with E-state index in [1.807, 2.05) is 12.1 Å². The van der Waals surface area contributed by atoms with Crippen molar-refractivity contribution in [1.29, 1.82) is 0 Å². The van der Waals surface area contributed by atoms with E-state index >= 15 is 0 Å². The molecule has 19 heavy (non-hydrogen) atoms. The molecular weight excluding hydrogens is 236 g/mol. The van der Waals surface area contributed by atoms with E-state index in [9.17, 15) is 4.79 Å². The third-order valence-corrected chi connectivity index (χ3v) is 4.64. The van der Waals surface area contributed by atoms with Crippen LogP contribution in [0.3, 0.4) is 0 Å². The Morgan fingerprint density at radius 3 is 2.74 bits per heavy atom. The number of hydrogen-bond donors (Lipinski definition) is 2. The molecular formula is C16H22N2O. The molecule has 0 heterocycles. The van der Waals surface area contributed by atoms with Crippen molar-refractivity contribution >= 4 is 5.91 Å². The fourth-order valence-electron chi connectivity index (χ4n) is 3.31. The number of rotatable bonds is 3. The normalized spacial score (nSPS) is 24.2. The molecule has 0 aliphatic heterocycles. The zero-order valence-electron chi connectivity index (χ0n) is 11.3. The van der Waals surface area contributed by atoms with E-state index in [0.29, 0.717) is 6.54 Å². The van der Waals surface area contributed by atoms with Gasteiger partial charge in [0.1, 0.15) is 0 Å². The molecule has 1 saturated carbocycles. The Labute approximate surface area is 114 Å². The Kier molecular flexibility index (Phi) is 3.31. The Morgan fingerprint density at radius 1 is 1.26 bits per heavy atom. The van der Waals surface area contributed by atoms with Gasteiger partial charge in [0.25, 0.3) is 0 Å². The van der Waals surface area contributed by atoms with E-state index < -0.39 is 0 Å². The summed E-state index contributed by atoms with van der Waals surface area (Å²) in [6, 6.07) is 8.19. The molecule has 1 unspecified atom stereocenters. The Bertz CT molecular complexity index is 477. The second kappa shape index (κ2) is 4.97. The van der Waals surface area contributed by atoms with Gasteiger partial charge in [-0.3, -0.25) is 4.79 Å². The zero-order chi connectivity index (χ0) is 13.3. The number of carbonyl (C=O) groups is 1. The van der Waals surface area contributed by atoms with E-state index in [0.717, 1.165) is 19.3 Å². The number of nitrogens with one attached hydrogen (secondary N) is 1. The molecule has 0 aromatic heterocycles. The summed E-state index contributed by atoms with van der Waals surface area (Å²) in [5.74, 6) is 0.192. The number of benzene rings is 1. The highest BCUT2D eigenvalue weighted by Crippen LogP contribution is 2.35. The van der Waals surface area contributed by atoms with Crippen molar-refractivity contribution in [2.45, 2.75) is 50.0 Å². The van der Waals surface area contributed by atoms with Gasteiger partial charge in [0.05, 0.1) is 5.92 Å². The molecule has 102 valence electrons. The minimum Gasteiger partial charge on any atom is -0.354 e. The lowest BCUT2D eigenvalue weighted by Gasteiger charge is -2.35. The molecule has 3 nitrogen and oxygen atoms in total. The second-order valence-electron chi connectivity index (χ2n) is 6.10. The first-order chi connectivity index (χ1) is 9.18. The van der Waals surface area contributed by atoms with E-state index in [4.69, 9.17) is 5.73 Å². The smallest absolute Gasteiger partial charge is 0.227 e. The fourth-order valence-corrected chi connectivity index (χ4v) is 3.31. The van der Waals surface area contributed by atoms with Crippen LogP contribution in [0, 0.1) is 0 Å². The monoisotopic (exact) mass is 258 g/mol. The quantitative estimate of drug-likeness (QED) is 0.872. The highest BCUT2D eigenvalue weighted by molar-refractivity contribution is 5.86. The molecule has 1 fully saturated rings. The first-order valence-electron chi connectivity index (χ1n) is 7.32. The topological polar surface area (TPSA) is 55.1 Å². The van der Waals surface area contributed by atoms with Crippen LogP contribution in [0.15, 0.2) is 24.3 Å². The predicted octanol–water partition coefficient (Wildman–Crippen LogP) is 2.10. The van der Waals surface area contributed by atoms with Crippen LogP contribution in [0.2, 0.25) is 0 Å². The number of carbonyl (C=O) groups excluding carboxylic acids is 1. The van der Waals surface area contributed by atoms with Gasteiger partial charge in [0.2, 0.25) is 5.91 Å². The van der Waals surface area contributed by atoms with Gasteiger partial charge in [-0.15, -0.1) is 0 Å². The van der Waals surface area contributed by atoms with Gasteiger partial charge in [0.15, 0.2) is 0 Å². The highest BCUT2D eigenvalue weighted by Gasteiger charge is 2.33. The molecule has 1 atom stereocenters. The van der Waals surface area contributed by atoms with Crippen molar-refractivity contribution in [1.82, 2.24) is 5.32 Å². The van der Waals surface area contributed by atoms with Gasteiger partial charge < -0.3 is 11.1 Å². The van der Waals surface area contributed by atoms with Gasteiger partial charge in [0, 0.05) is 12.1 Å². The Hall–Kier alpha value is -1.35. The molecule has 0 radical (unpaired) electrons. The summed E-state index contributed by atoms with van der Waals surface area (Å²) in [5, 5.41) is 3.07. The Balaban J connectivity index is 1.56. The SMILES string of the molecule is NC1(CNC(=O)C2Cc3ccccc32)CCCCC1. The molecule has 3 rings (SSSR count). The van der Waals surface area contributed by atoms with Crippen molar-refractivity contribution in [3.63, 3.8) is 0 Å². The van der Waals surface area contributed by atoms with E-state index in [-0.39, 0.29) is 17.4 Å². The maximum Gasteiger partial charge on any atom is 0.227 e. The van der Waals surface area contributed by atoms with Crippen molar-refractivity contribution in [2.75, 3.05) is 6.54 Å². The first kappa shape index (κ1) is 12.7. The first-order valence-corrected chi connectivity index (χ1v) is 7.32. The lowest BCUT2D eigenvalue weighted by atomic mass is 9.76. The lowest BCUT2D eigenvalue weighted by molar-refractivity contribution is -0.123. The molecule has 2 aliphatic rings. The van der Waals surface area contributed by atoms with Crippen molar-refractivity contribution in [3.8, 4) is 0 Å². The van der Waals surface area contributed by atoms with Crippen molar-refractivity contribution in [3.05, 3.63) is 35.4 Å². The maximum absolute atomic E-state index is 12.2. The van der Waals surface area contributed by atoms with Gasteiger partial charge >= 0.3 is 0 Å². The van der Waals surface area contributed by atoms with E-state index in [1.54, 1.807) is 0 Å². The average Bonchev–Trinajstić information content (AvgIpc) is 2.39. The summed E-state index contributed by atoms with van der Waals surface area (Å²) in [6.45, 7) is 0.629. The molecule has 0 saturated heterocycles. The fraction of sp³-hybridized carbons (Fsp3) is 0.562. The van der Waals surface area contributed by atoms with Crippen LogP contribution in [0.4, 0.5) is 0 Å². The summed E-state index contributed by atoms with van der Waals surface area (Å²) in [6.07, 6.45) is 6.61. The molecule has 3 heteroatoms. The standard InChI is InChI=1S/C16H22N2O/c17-16(8-4-1-5-9-16)11-18-15(19)14-10-12-6-2-3-7-13(12)14/h2-3,6-7,14H,1,4-5,8-11,17H2,(H,18,19). The third-order valence-electron chi connectivity index (χ3n) is 4.64. The zero-order valence-corrected chi connectivity index (χ0v) is 11.3. The Morgan fingerprint density at radius 2 is 2.00 bits per heavy atom. The van der Waals surface area contributed by atoms with Crippen LogP contribution in [0.1, 0.15) is 49.1 Å². The average molecular weight is 258 g/mol. The largest absolute Gasteiger partial charge is 0.354 e. The predicted molar refractivity (Wildman–Crippen MR) is 75.9 cm³/mol. The summed E-state index contributed by atoms with van der Waals surface area (Å²) in [4.78, 5) is 12.2. The summed E-state index contributed by atoms with van der Waals surface area (Å²) in [7, 11) is 0. The molecule has 0 spiro atoms. The molecule has 1 amide bonds. The summed E-state index contributed by atoms with van der Waals surface area (Å²) in [5.41, 5.74) is 8.68. The molecule has 3 N–H and O–H groups in total. The molecule has 1 aromatic rings. The van der Waals surface area contributed by atoms with Crippen molar-refractivity contribution < 1.29 is 4.79 Å². The van der Waals surface area contributed by atoms with Gasteiger partial charge in [-0.1, -0.05) is 43.5 Å². The number of fused-ring (bicyclic) bond motifs is 1. The molecule has 0 bridgehead atoms. The lowest BCUT2D eigenvalue weighted by Crippen LogP contribution is -2.52. The van der Waals surface area contributed by atoms with Crippen LogP contribution in [0.25, 0.3) is 0 Å². The summed E-state index contributed by atoms with van der Waals surface area (Å²) < 4.78 is 0. The highest BCUT2D eigenvalue weighted by atomic mass is 16.1. The minimum atomic E-state index is -0.169. The van der Waals surface area contributed by atoms with Gasteiger partial charge in [-0.05, 0) is 30.4 Å². The number of nitrogens with two attached hydrogens (primary N) is 1. The van der Waals surface area contributed by atoms with Crippen molar-refractivity contribution in [2.24, 2.45) is 5.73 Å². The summed E-state index contributed by atoms with van der Waals surface area (Å²) >= 11 is 0. The van der Waals surface area contributed by atoms with Gasteiger partial charge in [-0.25, -0.2) is 0 Å². The van der Waals surface area contributed by atoms with Crippen LogP contribution < -0.4 is 11.1 Å². The van der Waals surface area contributed by atoms with Gasteiger partial charge in [-0.2, -0.15) is 0 Å². The van der Waals surface area contributed by atoms with E-state index in [2.05, 4.69) is 17.4 Å². The maximum atomic E-state index is 12.2. The third kappa shape index (κ3) is 2.52. The van der Waals surface area contributed by atoms with Crippen LogP contribution in [0.5, 0.6) is 0 Å². The second-order valence-corrected chi connectivity index (χ2v) is 6.10. The molecule has 2 aliphatic carbocycles.